The smallest absolute Gasteiger partial charge is 0.326 e. The van der Waals surface area contributed by atoms with E-state index in [-0.39, 0.29) is 18.9 Å². The molecule has 0 heterocycles. The third kappa shape index (κ3) is 11.3. The topological polar surface area (TPSA) is 151 Å². The van der Waals surface area contributed by atoms with Crippen LogP contribution in [0.25, 0.3) is 0 Å². The highest BCUT2D eigenvalue weighted by molar-refractivity contribution is 7.98. The van der Waals surface area contributed by atoms with Crippen molar-refractivity contribution in [1.29, 1.82) is 0 Å². The Hall–Kier alpha value is -1.46. The number of carbonyl (C=O) groups is 4. The Morgan fingerprint density at radius 3 is 2.10 bits per heavy atom. The van der Waals surface area contributed by atoms with Gasteiger partial charge in [-0.2, -0.15) is 23.5 Å². The molecule has 0 fully saturated rings. The Morgan fingerprint density at radius 1 is 1.00 bits per heavy atom. The van der Waals surface area contributed by atoms with E-state index in [9.17, 15) is 19.2 Å². The van der Waals surface area contributed by atoms with Gasteiger partial charge in [-0.1, -0.05) is 20.3 Å². The first-order chi connectivity index (χ1) is 13.7. The van der Waals surface area contributed by atoms with Gasteiger partial charge in [-0.25, -0.2) is 4.79 Å². The molecule has 4 atom stereocenters. The zero-order valence-electron chi connectivity index (χ0n) is 17.5. The molecule has 3 amide bonds. The maximum Gasteiger partial charge on any atom is 0.326 e. The number of rotatable bonds is 15. The van der Waals surface area contributed by atoms with Gasteiger partial charge in [0.15, 0.2) is 0 Å². The van der Waals surface area contributed by atoms with Gasteiger partial charge in [-0.05, 0) is 42.8 Å². The first-order valence-corrected chi connectivity index (χ1v) is 12.3. The van der Waals surface area contributed by atoms with Gasteiger partial charge in [0.25, 0.3) is 0 Å². The van der Waals surface area contributed by atoms with Crippen molar-refractivity contribution in [3.05, 3.63) is 0 Å². The number of nitrogens with one attached hydrogen (secondary N) is 3. The molecule has 0 rings (SSSR count). The quantitative estimate of drug-likeness (QED) is 0.235. The maximum atomic E-state index is 12.5. The molecule has 0 aromatic carbocycles. The number of carboxylic acids is 1. The normalized spacial score (nSPS) is 14.9. The molecule has 4 unspecified atom stereocenters. The van der Waals surface area contributed by atoms with Crippen LogP contribution in [0.4, 0.5) is 0 Å². The first kappa shape index (κ1) is 27.5. The fraction of sp³-hybridized carbons (Fsp3) is 0.778. The van der Waals surface area contributed by atoms with Crippen LogP contribution >= 0.6 is 23.5 Å². The van der Waals surface area contributed by atoms with Gasteiger partial charge in [0, 0.05) is 0 Å². The Bertz CT molecular complexity index is 550. The lowest BCUT2D eigenvalue weighted by Crippen LogP contribution is -2.55. The molecule has 0 bridgehead atoms. The predicted molar refractivity (Wildman–Crippen MR) is 118 cm³/mol. The SMILES string of the molecule is CCC(C)C(NC(=O)C(N)CCSC)C(=O)NCC(=O)NC(CCSC)C(=O)O. The summed E-state index contributed by atoms with van der Waals surface area (Å²) in [5.74, 6) is -1.48. The third-order valence-electron chi connectivity index (χ3n) is 4.43. The lowest BCUT2D eigenvalue weighted by Gasteiger charge is -2.25. The fourth-order valence-electron chi connectivity index (χ4n) is 2.35. The summed E-state index contributed by atoms with van der Waals surface area (Å²) in [5.41, 5.74) is 5.86. The van der Waals surface area contributed by atoms with Crippen LogP contribution in [-0.2, 0) is 19.2 Å². The summed E-state index contributed by atoms with van der Waals surface area (Å²) >= 11 is 3.06. The molecule has 168 valence electrons. The van der Waals surface area contributed by atoms with E-state index < -0.39 is 41.8 Å². The fourth-order valence-corrected chi connectivity index (χ4v) is 3.31. The number of nitrogens with two attached hydrogens (primary N) is 1. The molecule has 0 radical (unpaired) electrons. The van der Waals surface area contributed by atoms with Crippen LogP contribution in [0.5, 0.6) is 0 Å². The average molecular weight is 451 g/mol. The molecule has 0 aromatic rings. The van der Waals surface area contributed by atoms with Crippen molar-refractivity contribution in [1.82, 2.24) is 16.0 Å². The highest BCUT2D eigenvalue weighted by atomic mass is 32.2. The van der Waals surface area contributed by atoms with Crippen molar-refractivity contribution >= 4 is 47.2 Å². The first-order valence-electron chi connectivity index (χ1n) is 9.51. The minimum atomic E-state index is -1.12. The number of carbonyl (C=O) groups excluding carboxylic acids is 3. The average Bonchev–Trinajstić information content (AvgIpc) is 2.70. The molecular weight excluding hydrogens is 416 g/mol. The standard InChI is InChI=1S/C18H34N4O5S2/c1-5-11(2)15(22-16(24)12(19)6-8-28-3)17(25)20-10-14(23)21-13(18(26)27)7-9-29-4/h11-13,15H,5-10,19H2,1-4H3,(H,20,25)(H,21,23)(H,22,24)(H,26,27). The van der Waals surface area contributed by atoms with Crippen molar-refractivity contribution in [3.8, 4) is 0 Å². The maximum absolute atomic E-state index is 12.5. The summed E-state index contributed by atoms with van der Waals surface area (Å²) in [5, 5.41) is 16.7. The Labute approximate surface area is 181 Å². The molecule has 0 saturated carbocycles. The zero-order chi connectivity index (χ0) is 22.4. The molecule has 0 aliphatic rings. The van der Waals surface area contributed by atoms with Crippen LogP contribution in [0.2, 0.25) is 0 Å². The zero-order valence-corrected chi connectivity index (χ0v) is 19.2. The van der Waals surface area contributed by atoms with Crippen molar-refractivity contribution in [2.24, 2.45) is 11.7 Å². The van der Waals surface area contributed by atoms with Crippen LogP contribution in [0, 0.1) is 5.92 Å². The number of carboxylic acid groups (broad SMARTS) is 1. The number of thioether (sulfide) groups is 2. The van der Waals surface area contributed by atoms with E-state index in [0.29, 0.717) is 18.6 Å². The van der Waals surface area contributed by atoms with Crippen molar-refractivity contribution in [2.75, 3.05) is 30.6 Å². The summed E-state index contributed by atoms with van der Waals surface area (Å²) < 4.78 is 0. The van der Waals surface area contributed by atoms with Crippen molar-refractivity contribution < 1.29 is 24.3 Å². The highest BCUT2D eigenvalue weighted by Crippen LogP contribution is 2.09. The van der Waals surface area contributed by atoms with Gasteiger partial charge >= 0.3 is 5.97 Å². The van der Waals surface area contributed by atoms with Crippen LogP contribution in [0.1, 0.15) is 33.1 Å². The number of amides is 3. The van der Waals surface area contributed by atoms with E-state index in [1.165, 1.54) is 11.8 Å². The second kappa shape index (κ2) is 15.4. The second-order valence-electron chi connectivity index (χ2n) is 6.72. The monoisotopic (exact) mass is 450 g/mol. The second-order valence-corrected chi connectivity index (χ2v) is 8.69. The molecule has 0 aliphatic carbocycles. The Balaban J connectivity index is 4.79. The minimum Gasteiger partial charge on any atom is -0.480 e. The molecule has 0 aromatic heterocycles. The molecule has 0 spiro atoms. The molecule has 0 saturated heterocycles. The van der Waals surface area contributed by atoms with E-state index >= 15 is 0 Å². The Morgan fingerprint density at radius 2 is 1.59 bits per heavy atom. The largest absolute Gasteiger partial charge is 0.480 e. The van der Waals surface area contributed by atoms with Gasteiger partial charge in [-0.15, -0.1) is 0 Å². The summed E-state index contributed by atoms with van der Waals surface area (Å²) in [6.45, 7) is 3.34. The lowest BCUT2D eigenvalue weighted by atomic mass is 9.97. The van der Waals surface area contributed by atoms with E-state index in [1.54, 1.807) is 11.8 Å². The Kier molecular flexibility index (Phi) is 14.6. The van der Waals surface area contributed by atoms with E-state index in [1.807, 2.05) is 26.4 Å². The molecule has 9 nitrogen and oxygen atoms in total. The van der Waals surface area contributed by atoms with Gasteiger partial charge in [0.1, 0.15) is 12.1 Å². The minimum absolute atomic E-state index is 0.164. The third-order valence-corrected chi connectivity index (χ3v) is 5.72. The van der Waals surface area contributed by atoms with Gasteiger partial charge in [0.2, 0.25) is 17.7 Å². The van der Waals surface area contributed by atoms with Crippen LogP contribution in [0.3, 0.4) is 0 Å². The lowest BCUT2D eigenvalue weighted by molar-refractivity contribution is -0.141. The number of hydrogen-bond donors (Lipinski definition) is 5. The van der Waals surface area contributed by atoms with Crippen molar-refractivity contribution in [2.45, 2.75) is 51.2 Å². The summed E-state index contributed by atoms with van der Waals surface area (Å²) in [6.07, 6.45) is 5.19. The highest BCUT2D eigenvalue weighted by Gasteiger charge is 2.28. The van der Waals surface area contributed by atoms with E-state index in [0.717, 1.165) is 5.75 Å². The van der Waals surface area contributed by atoms with Crippen LogP contribution in [0.15, 0.2) is 0 Å². The van der Waals surface area contributed by atoms with Crippen LogP contribution < -0.4 is 21.7 Å². The summed E-state index contributed by atoms with van der Waals surface area (Å²) in [6, 6.07) is -2.54. The van der Waals surface area contributed by atoms with Crippen molar-refractivity contribution in [3.63, 3.8) is 0 Å². The molecular formula is C18H34N4O5S2. The summed E-state index contributed by atoms with van der Waals surface area (Å²) in [4.78, 5) is 48.0. The molecule has 0 aliphatic heterocycles. The number of aliphatic carboxylic acids is 1. The summed E-state index contributed by atoms with van der Waals surface area (Å²) in [7, 11) is 0. The molecule has 29 heavy (non-hydrogen) atoms. The van der Waals surface area contributed by atoms with E-state index in [2.05, 4.69) is 16.0 Å². The van der Waals surface area contributed by atoms with Gasteiger partial charge in [-0.3, -0.25) is 14.4 Å². The molecule has 11 heteroatoms. The molecule has 6 N–H and O–H groups in total. The predicted octanol–water partition coefficient (Wildman–Crippen LogP) is 0.0364. The van der Waals surface area contributed by atoms with E-state index in [4.69, 9.17) is 10.8 Å². The number of hydrogen-bond acceptors (Lipinski definition) is 7. The van der Waals surface area contributed by atoms with Crippen LogP contribution in [-0.4, -0.2) is 77.5 Å². The van der Waals surface area contributed by atoms with Gasteiger partial charge < -0.3 is 26.8 Å². The van der Waals surface area contributed by atoms with Gasteiger partial charge in [0.05, 0.1) is 12.6 Å².